The Morgan fingerprint density at radius 2 is 1.78 bits per heavy atom. The Morgan fingerprint density at radius 3 is 2.48 bits per heavy atom. The van der Waals surface area contributed by atoms with Crippen molar-refractivity contribution in [3.8, 4) is 0 Å². The maximum atomic E-state index is 12.8. The van der Waals surface area contributed by atoms with Crippen molar-refractivity contribution in [1.29, 1.82) is 0 Å². The van der Waals surface area contributed by atoms with Crippen molar-refractivity contribution in [2.45, 2.75) is 25.9 Å². The van der Waals surface area contributed by atoms with Gasteiger partial charge in [-0.2, -0.15) is 0 Å². The van der Waals surface area contributed by atoms with Gasteiger partial charge in [-0.25, -0.2) is 4.98 Å². The number of carbonyl (C=O) groups is 2. The monoisotopic (exact) mass is 401 g/mol. The normalized spacial score (nSPS) is 13.2. The third kappa shape index (κ3) is 4.12. The van der Waals surface area contributed by atoms with Crippen LogP contribution in [0.4, 0.5) is 0 Å². The topological polar surface area (TPSA) is 62.3 Å². The van der Waals surface area contributed by atoms with Crippen LogP contribution in [0.5, 0.6) is 0 Å². The Balaban J connectivity index is 1.70. The number of aromatic nitrogens is 1. The van der Waals surface area contributed by atoms with Gasteiger partial charge < -0.3 is 10.2 Å². The lowest BCUT2D eigenvalue weighted by Gasteiger charge is -2.26. The van der Waals surface area contributed by atoms with Crippen LogP contribution in [0.3, 0.4) is 0 Å². The number of benzene rings is 2. The van der Waals surface area contributed by atoms with Gasteiger partial charge in [-0.1, -0.05) is 35.9 Å². The molecule has 0 saturated heterocycles. The first-order chi connectivity index (χ1) is 12.9. The number of carbonyl (C=O) groups excluding carboxylic acids is 2. The Bertz CT molecular complexity index is 955. The van der Waals surface area contributed by atoms with E-state index in [0.29, 0.717) is 10.6 Å². The molecule has 1 N–H and O–H groups in total. The third-order valence-corrected chi connectivity index (χ3v) is 5.97. The van der Waals surface area contributed by atoms with Crippen LogP contribution in [0.1, 0.15) is 35.3 Å². The summed E-state index contributed by atoms with van der Waals surface area (Å²) in [6.07, 6.45) is 0. The smallest absolute Gasteiger partial charge is 0.253 e. The molecule has 0 unspecified atom stereocenters. The maximum absolute atomic E-state index is 12.8. The number of likely N-dealkylation sites (N-methyl/N-ethyl adjacent to an activating group) is 1. The van der Waals surface area contributed by atoms with Crippen LogP contribution in [-0.4, -0.2) is 34.8 Å². The summed E-state index contributed by atoms with van der Waals surface area (Å²) in [5.41, 5.74) is 1.27. The van der Waals surface area contributed by atoms with E-state index in [1.54, 1.807) is 54.5 Å². The molecule has 3 aromatic rings. The molecule has 1 aromatic heterocycles. The molecule has 2 atom stereocenters. The molecule has 140 valence electrons. The van der Waals surface area contributed by atoms with Crippen LogP contribution >= 0.6 is 22.9 Å². The predicted octanol–water partition coefficient (Wildman–Crippen LogP) is 4.29. The molecule has 0 aliphatic carbocycles. The molecule has 3 rings (SSSR count). The molecule has 0 saturated carbocycles. The summed E-state index contributed by atoms with van der Waals surface area (Å²) in [7, 11) is 1.72. The summed E-state index contributed by atoms with van der Waals surface area (Å²) in [6, 6.07) is 13.7. The van der Waals surface area contributed by atoms with Gasteiger partial charge in [-0.3, -0.25) is 9.59 Å². The van der Waals surface area contributed by atoms with Gasteiger partial charge in [0.15, 0.2) is 0 Å². The van der Waals surface area contributed by atoms with Crippen LogP contribution in [0.2, 0.25) is 5.02 Å². The molecule has 2 aromatic carbocycles. The predicted molar refractivity (Wildman–Crippen MR) is 109 cm³/mol. The summed E-state index contributed by atoms with van der Waals surface area (Å²) in [5.74, 6) is -0.565. The van der Waals surface area contributed by atoms with E-state index >= 15 is 0 Å². The number of fused-ring (bicyclic) bond motifs is 1. The summed E-state index contributed by atoms with van der Waals surface area (Å²) in [5, 5.41) is 3.93. The molecule has 0 radical (unpaired) electrons. The van der Waals surface area contributed by atoms with Gasteiger partial charge in [0.2, 0.25) is 5.91 Å². The second kappa shape index (κ2) is 8.06. The number of amides is 2. The second-order valence-electron chi connectivity index (χ2n) is 6.32. The standard InChI is InChI=1S/C20H20ClN3O2S/c1-12(22-18(25)14-8-4-5-9-15(14)21)20(26)24(3)13(2)19-23-16-10-6-7-11-17(16)27-19/h4-13H,1-3H3,(H,22,25)/t12-,13+/m0/s1. The number of nitrogens with one attached hydrogen (secondary N) is 1. The lowest BCUT2D eigenvalue weighted by molar-refractivity contribution is -0.133. The Kier molecular flexibility index (Phi) is 5.77. The van der Waals surface area contributed by atoms with Crippen LogP contribution in [0.25, 0.3) is 10.2 Å². The zero-order valence-corrected chi connectivity index (χ0v) is 16.8. The van der Waals surface area contributed by atoms with Crippen LogP contribution in [-0.2, 0) is 4.79 Å². The largest absolute Gasteiger partial charge is 0.340 e. The highest BCUT2D eigenvalue weighted by Crippen LogP contribution is 2.29. The fourth-order valence-electron chi connectivity index (χ4n) is 2.71. The lowest BCUT2D eigenvalue weighted by Crippen LogP contribution is -2.46. The molecule has 0 fully saturated rings. The Hall–Kier alpha value is -2.44. The maximum Gasteiger partial charge on any atom is 0.253 e. The van der Waals surface area contributed by atoms with Crippen molar-refractivity contribution in [2.75, 3.05) is 7.05 Å². The average molecular weight is 402 g/mol. The van der Waals surface area contributed by atoms with E-state index in [0.717, 1.165) is 15.2 Å². The van der Waals surface area contributed by atoms with Crippen molar-refractivity contribution in [3.63, 3.8) is 0 Å². The molecule has 5 nitrogen and oxygen atoms in total. The summed E-state index contributed by atoms with van der Waals surface area (Å²) < 4.78 is 1.08. The molecule has 0 spiro atoms. The Morgan fingerprint density at radius 1 is 1.11 bits per heavy atom. The van der Waals surface area contributed by atoms with Gasteiger partial charge in [0.1, 0.15) is 11.0 Å². The molecule has 0 bridgehead atoms. The highest BCUT2D eigenvalue weighted by atomic mass is 35.5. The second-order valence-corrected chi connectivity index (χ2v) is 7.79. The Labute approximate surface area is 167 Å². The third-order valence-electron chi connectivity index (χ3n) is 4.43. The lowest BCUT2D eigenvalue weighted by atomic mass is 10.2. The van der Waals surface area contributed by atoms with Crippen molar-refractivity contribution >= 4 is 45.0 Å². The molecule has 1 heterocycles. The highest BCUT2D eigenvalue weighted by Gasteiger charge is 2.26. The van der Waals surface area contributed by atoms with Gasteiger partial charge in [0.05, 0.1) is 26.8 Å². The van der Waals surface area contributed by atoms with E-state index in [9.17, 15) is 9.59 Å². The number of para-hydroxylation sites is 1. The number of nitrogens with zero attached hydrogens (tertiary/aromatic N) is 2. The van der Waals surface area contributed by atoms with Crippen molar-refractivity contribution < 1.29 is 9.59 Å². The van der Waals surface area contributed by atoms with Crippen molar-refractivity contribution in [1.82, 2.24) is 15.2 Å². The van der Waals surface area contributed by atoms with Gasteiger partial charge in [-0.15, -0.1) is 11.3 Å². The van der Waals surface area contributed by atoms with Crippen LogP contribution in [0.15, 0.2) is 48.5 Å². The summed E-state index contributed by atoms with van der Waals surface area (Å²) in [4.78, 5) is 31.4. The zero-order chi connectivity index (χ0) is 19.6. The zero-order valence-electron chi connectivity index (χ0n) is 15.3. The molecule has 7 heteroatoms. The summed E-state index contributed by atoms with van der Waals surface area (Å²) >= 11 is 7.62. The van der Waals surface area contributed by atoms with Crippen molar-refractivity contribution in [3.05, 3.63) is 64.1 Å². The number of rotatable bonds is 5. The minimum absolute atomic E-state index is 0.192. The van der Waals surface area contributed by atoms with Gasteiger partial charge in [0.25, 0.3) is 5.91 Å². The number of halogens is 1. The quantitative estimate of drug-likeness (QED) is 0.693. The first-order valence-corrected chi connectivity index (χ1v) is 9.75. The van der Waals surface area contributed by atoms with E-state index in [-0.39, 0.29) is 17.9 Å². The molecule has 0 aliphatic rings. The highest BCUT2D eigenvalue weighted by molar-refractivity contribution is 7.18. The number of hydrogen-bond acceptors (Lipinski definition) is 4. The summed E-state index contributed by atoms with van der Waals surface area (Å²) in [6.45, 7) is 3.59. The SMILES string of the molecule is C[C@H](NC(=O)c1ccccc1Cl)C(=O)N(C)[C@H](C)c1nc2ccccc2s1. The number of thiazole rings is 1. The fourth-order valence-corrected chi connectivity index (χ4v) is 4.00. The van der Waals surface area contributed by atoms with Crippen LogP contribution < -0.4 is 5.32 Å². The fraction of sp³-hybridized carbons (Fsp3) is 0.250. The first kappa shape index (κ1) is 19.3. The molecular weight excluding hydrogens is 382 g/mol. The minimum atomic E-state index is -0.685. The van der Waals surface area contributed by atoms with Gasteiger partial charge in [-0.05, 0) is 38.1 Å². The molecular formula is C20H20ClN3O2S. The van der Waals surface area contributed by atoms with Crippen LogP contribution in [0, 0.1) is 0 Å². The van der Waals surface area contributed by atoms with E-state index in [1.807, 2.05) is 31.2 Å². The van der Waals surface area contributed by atoms with E-state index in [1.165, 1.54) is 0 Å². The number of hydrogen-bond donors (Lipinski definition) is 1. The van der Waals surface area contributed by atoms with Crippen molar-refractivity contribution in [2.24, 2.45) is 0 Å². The average Bonchev–Trinajstić information content (AvgIpc) is 3.10. The van der Waals surface area contributed by atoms with Gasteiger partial charge in [0, 0.05) is 7.05 Å². The first-order valence-electron chi connectivity index (χ1n) is 8.56. The minimum Gasteiger partial charge on any atom is -0.340 e. The molecule has 2 amide bonds. The van der Waals surface area contributed by atoms with E-state index < -0.39 is 6.04 Å². The molecule has 27 heavy (non-hydrogen) atoms. The van der Waals surface area contributed by atoms with E-state index in [4.69, 9.17) is 11.6 Å². The van der Waals surface area contributed by atoms with Gasteiger partial charge >= 0.3 is 0 Å². The van der Waals surface area contributed by atoms with E-state index in [2.05, 4.69) is 10.3 Å². The molecule has 0 aliphatic heterocycles.